The molecule has 0 spiro atoms. The summed E-state index contributed by atoms with van der Waals surface area (Å²) in [4.78, 5) is 27.0. The molecule has 9 nitrogen and oxygen atoms in total. The van der Waals surface area contributed by atoms with Crippen LogP contribution in [-0.4, -0.2) is 80.2 Å². The van der Waals surface area contributed by atoms with Gasteiger partial charge in [-0.05, 0) is 23.8 Å². The molecule has 0 saturated carbocycles. The zero-order valence-corrected chi connectivity index (χ0v) is 19.3. The molecule has 0 aliphatic carbocycles. The molecule has 1 aromatic carbocycles. The minimum atomic E-state index is -0.233. The van der Waals surface area contributed by atoms with Crippen LogP contribution >= 0.6 is 24.0 Å². The topological polar surface area (TPSA) is 89.6 Å². The number of amides is 2. The highest BCUT2D eigenvalue weighted by atomic mass is 32.2. The number of ether oxygens (including phenoxy) is 4. The number of thiocarbonyl (C=S) groups is 1. The number of rotatable bonds is 8. The molecule has 31 heavy (non-hydrogen) atoms. The molecule has 3 rings (SSSR count). The normalized spacial score (nSPS) is 18.4. The van der Waals surface area contributed by atoms with E-state index in [-0.39, 0.29) is 24.8 Å². The minimum Gasteiger partial charge on any atom is -0.493 e. The first-order valence-electron chi connectivity index (χ1n) is 9.64. The second kappa shape index (κ2) is 10.8. The summed E-state index contributed by atoms with van der Waals surface area (Å²) >= 11 is 6.56. The van der Waals surface area contributed by atoms with Gasteiger partial charge in [-0.3, -0.25) is 19.9 Å². The summed E-state index contributed by atoms with van der Waals surface area (Å²) < 4.78 is 21.7. The Hall–Kier alpha value is -2.34. The number of hydrazine groups is 1. The average Bonchev–Trinajstić information content (AvgIpc) is 3.04. The number of nitrogens with one attached hydrogen (secondary N) is 1. The number of carbonyl (C=O) groups is 2. The largest absolute Gasteiger partial charge is 0.493 e. The Kier molecular flexibility index (Phi) is 8.13. The Balaban J connectivity index is 1.67. The summed E-state index contributed by atoms with van der Waals surface area (Å²) in [6, 6.07) is 3.51. The maximum atomic E-state index is 12.9. The average molecular weight is 468 g/mol. The smallest absolute Gasteiger partial charge is 0.266 e. The lowest BCUT2D eigenvalue weighted by Crippen LogP contribution is -2.49. The van der Waals surface area contributed by atoms with Gasteiger partial charge in [0.1, 0.15) is 4.32 Å². The third kappa shape index (κ3) is 5.67. The van der Waals surface area contributed by atoms with Gasteiger partial charge in [-0.2, -0.15) is 0 Å². The number of nitrogens with zero attached hydrogens (tertiary/aromatic N) is 2. The molecule has 0 atom stereocenters. The summed E-state index contributed by atoms with van der Waals surface area (Å²) in [5.74, 6) is 1.06. The van der Waals surface area contributed by atoms with E-state index in [0.717, 1.165) is 0 Å². The number of morpholine rings is 1. The molecular weight excluding hydrogens is 442 g/mol. The maximum Gasteiger partial charge on any atom is 0.266 e. The molecule has 0 radical (unpaired) electrons. The van der Waals surface area contributed by atoms with E-state index in [0.29, 0.717) is 58.3 Å². The van der Waals surface area contributed by atoms with Crippen molar-refractivity contribution < 1.29 is 28.5 Å². The number of methoxy groups -OCH3 is 3. The summed E-state index contributed by atoms with van der Waals surface area (Å²) in [6.45, 7) is 2.67. The quantitative estimate of drug-likeness (QED) is 0.453. The van der Waals surface area contributed by atoms with Crippen LogP contribution in [0.1, 0.15) is 12.0 Å². The molecule has 2 fully saturated rings. The van der Waals surface area contributed by atoms with Crippen molar-refractivity contribution in [1.29, 1.82) is 0 Å². The minimum absolute atomic E-state index is 0.154. The van der Waals surface area contributed by atoms with E-state index in [1.54, 1.807) is 18.2 Å². The monoisotopic (exact) mass is 467 g/mol. The Morgan fingerprint density at radius 1 is 1.19 bits per heavy atom. The SMILES string of the molecule is COc1cc(C=C2SC(=S)N(CCC(=O)NN3CCOCC3)C2=O)cc(OC)c1OC. The van der Waals surface area contributed by atoms with Gasteiger partial charge >= 0.3 is 0 Å². The van der Waals surface area contributed by atoms with Crippen LogP contribution in [0.15, 0.2) is 17.0 Å². The zero-order valence-electron chi connectivity index (χ0n) is 17.6. The molecule has 168 valence electrons. The fourth-order valence-electron chi connectivity index (χ4n) is 3.15. The molecule has 0 aromatic heterocycles. The van der Waals surface area contributed by atoms with Crippen LogP contribution in [0.5, 0.6) is 17.2 Å². The Morgan fingerprint density at radius 3 is 2.42 bits per heavy atom. The maximum absolute atomic E-state index is 12.9. The van der Waals surface area contributed by atoms with Crippen molar-refractivity contribution in [1.82, 2.24) is 15.3 Å². The first-order valence-corrected chi connectivity index (χ1v) is 10.9. The van der Waals surface area contributed by atoms with Gasteiger partial charge in [0.15, 0.2) is 11.5 Å². The second-order valence-corrected chi connectivity index (χ2v) is 8.35. The molecule has 0 unspecified atom stereocenters. The lowest BCUT2D eigenvalue weighted by atomic mass is 10.1. The van der Waals surface area contributed by atoms with Gasteiger partial charge in [0.25, 0.3) is 5.91 Å². The van der Waals surface area contributed by atoms with Crippen molar-refractivity contribution in [2.24, 2.45) is 0 Å². The number of carbonyl (C=O) groups excluding carboxylic acids is 2. The van der Waals surface area contributed by atoms with E-state index in [4.69, 9.17) is 31.2 Å². The van der Waals surface area contributed by atoms with E-state index in [2.05, 4.69) is 5.43 Å². The van der Waals surface area contributed by atoms with Gasteiger partial charge in [-0.15, -0.1) is 0 Å². The highest BCUT2D eigenvalue weighted by Gasteiger charge is 2.32. The van der Waals surface area contributed by atoms with E-state index >= 15 is 0 Å². The molecule has 11 heteroatoms. The van der Waals surface area contributed by atoms with Gasteiger partial charge in [-0.25, -0.2) is 5.01 Å². The van der Waals surface area contributed by atoms with Crippen molar-refractivity contribution in [3.05, 3.63) is 22.6 Å². The van der Waals surface area contributed by atoms with E-state index in [1.165, 1.54) is 38.0 Å². The molecule has 2 amide bonds. The third-order valence-corrected chi connectivity index (χ3v) is 6.09. The van der Waals surface area contributed by atoms with Crippen LogP contribution in [-0.2, 0) is 14.3 Å². The molecular formula is C20H25N3O6S2. The number of benzene rings is 1. The number of thioether (sulfide) groups is 1. The molecule has 2 aliphatic rings. The highest BCUT2D eigenvalue weighted by molar-refractivity contribution is 8.26. The van der Waals surface area contributed by atoms with Crippen molar-refractivity contribution in [2.75, 3.05) is 54.2 Å². The Labute approximate surface area is 190 Å². The van der Waals surface area contributed by atoms with Gasteiger partial charge < -0.3 is 18.9 Å². The molecule has 1 aromatic rings. The first-order chi connectivity index (χ1) is 15.0. The van der Waals surface area contributed by atoms with Crippen LogP contribution in [0.3, 0.4) is 0 Å². The Morgan fingerprint density at radius 2 is 1.84 bits per heavy atom. The predicted molar refractivity (Wildman–Crippen MR) is 121 cm³/mol. The van der Waals surface area contributed by atoms with Gasteiger partial charge in [0.2, 0.25) is 11.7 Å². The first kappa shape index (κ1) is 23.3. The zero-order chi connectivity index (χ0) is 22.4. The van der Waals surface area contributed by atoms with Crippen LogP contribution in [0.2, 0.25) is 0 Å². The lowest BCUT2D eigenvalue weighted by Gasteiger charge is -2.27. The van der Waals surface area contributed by atoms with Crippen molar-refractivity contribution in [2.45, 2.75) is 6.42 Å². The predicted octanol–water partition coefficient (Wildman–Crippen LogP) is 1.67. The fraction of sp³-hybridized carbons (Fsp3) is 0.450. The number of hydrogen-bond acceptors (Lipinski definition) is 9. The molecule has 2 aliphatic heterocycles. The second-order valence-electron chi connectivity index (χ2n) is 6.68. The molecule has 2 heterocycles. The standard InChI is InChI=1S/C20H25N3O6S2/c1-26-14-10-13(11-15(27-2)18(14)28-3)12-16-19(25)23(20(30)31-16)5-4-17(24)21-22-6-8-29-9-7-22/h10-12H,4-9H2,1-3H3,(H,21,24). The summed E-state index contributed by atoms with van der Waals surface area (Å²) in [5, 5.41) is 1.82. The highest BCUT2D eigenvalue weighted by Crippen LogP contribution is 2.40. The Bertz CT molecular complexity index is 861. The van der Waals surface area contributed by atoms with E-state index in [1.807, 2.05) is 5.01 Å². The van der Waals surface area contributed by atoms with Crippen molar-refractivity contribution in [3.63, 3.8) is 0 Å². The molecule has 0 bridgehead atoms. The van der Waals surface area contributed by atoms with Gasteiger partial charge in [0, 0.05) is 26.1 Å². The molecule has 1 N–H and O–H groups in total. The van der Waals surface area contributed by atoms with Crippen LogP contribution < -0.4 is 19.6 Å². The third-order valence-electron chi connectivity index (χ3n) is 4.71. The van der Waals surface area contributed by atoms with Crippen LogP contribution in [0, 0.1) is 0 Å². The van der Waals surface area contributed by atoms with Crippen molar-refractivity contribution >= 4 is 46.2 Å². The summed E-state index contributed by atoms with van der Waals surface area (Å²) in [6.07, 6.45) is 1.87. The van der Waals surface area contributed by atoms with E-state index < -0.39 is 0 Å². The molecule has 2 saturated heterocycles. The summed E-state index contributed by atoms with van der Waals surface area (Å²) in [7, 11) is 4.59. The van der Waals surface area contributed by atoms with Gasteiger partial charge in [0.05, 0.1) is 39.4 Å². The van der Waals surface area contributed by atoms with Gasteiger partial charge in [-0.1, -0.05) is 24.0 Å². The van der Waals surface area contributed by atoms with Crippen molar-refractivity contribution in [3.8, 4) is 17.2 Å². The van der Waals surface area contributed by atoms with E-state index in [9.17, 15) is 9.59 Å². The fourth-order valence-corrected chi connectivity index (χ4v) is 4.46. The number of hydrogen-bond donors (Lipinski definition) is 1. The van der Waals surface area contributed by atoms with Crippen LogP contribution in [0.25, 0.3) is 6.08 Å². The lowest BCUT2D eigenvalue weighted by molar-refractivity contribution is -0.128. The summed E-state index contributed by atoms with van der Waals surface area (Å²) in [5.41, 5.74) is 3.54. The van der Waals surface area contributed by atoms with Crippen LogP contribution in [0.4, 0.5) is 0 Å².